The molecule has 5 nitrogen and oxygen atoms in total. The number of aliphatic hydroxyl groups is 4. The van der Waals surface area contributed by atoms with Crippen molar-refractivity contribution in [3.05, 3.63) is 42.0 Å². The molecule has 0 radical (unpaired) electrons. The predicted molar refractivity (Wildman–Crippen MR) is 69.3 cm³/mol. The molecule has 0 unspecified atom stereocenters. The van der Waals surface area contributed by atoms with Gasteiger partial charge in [-0.3, -0.25) is 0 Å². The van der Waals surface area contributed by atoms with E-state index in [1.54, 1.807) is 24.3 Å². The van der Waals surface area contributed by atoms with Gasteiger partial charge in [-0.1, -0.05) is 36.9 Å². The van der Waals surface area contributed by atoms with Gasteiger partial charge in [0.15, 0.2) is 0 Å². The molecule has 0 amide bonds. The first kappa shape index (κ1) is 14.2. The van der Waals surface area contributed by atoms with Gasteiger partial charge in [-0.05, 0) is 11.1 Å². The van der Waals surface area contributed by atoms with Gasteiger partial charge in [-0.15, -0.1) is 0 Å². The van der Waals surface area contributed by atoms with Crippen LogP contribution in [0.5, 0.6) is 0 Å². The third kappa shape index (κ3) is 2.20. The van der Waals surface area contributed by atoms with Gasteiger partial charge in [0.25, 0.3) is 0 Å². The SMILES string of the molecule is C=Cc1ccccc1[C@]1(O)[C@H](O)[C@@H](O)CO[C@@H]1CO. The minimum atomic E-state index is -1.88. The van der Waals surface area contributed by atoms with Gasteiger partial charge in [0.1, 0.15) is 23.9 Å². The Bertz CT molecular complexity index is 457. The molecular formula is C14H18O5. The van der Waals surface area contributed by atoms with Crippen molar-refractivity contribution >= 4 is 6.08 Å². The lowest BCUT2D eigenvalue weighted by Gasteiger charge is -2.45. The third-order valence-electron chi connectivity index (χ3n) is 3.55. The van der Waals surface area contributed by atoms with Gasteiger partial charge in [0.05, 0.1) is 13.2 Å². The average molecular weight is 266 g/mol. The molecule has 1 aromatic carbocycles. The van der Waals surface area contributed by atoms with Gasteiger partial charge in [-0.2, -0.15) is 0 Å². The zero-order chi connectivity index (χ0) is 14.0. The molecule has 0 bridgehead atoms. The summed E-state index contributed by atoms with van der Waals surface area (Å²) in [7, 11) is 0. The van der Waals surface area contributed by atoms with Crippen molar-refractivity contribution in [3.8, 4) is 0 Å². The highest BCUT2D eigenvalue weighted by molar-refractivity contribution is 5.54. The predicted octanol–water partition coefficient (Wildman–Crippen LogP) is -0.370. The number of rotatable bonds is 3. The van der Waals surface area contributed by atoms with E-state index in [2.05, 4.69) is 6.58 Å². The molecule has 1 fully saturated rings. The highest BCUT2D eigenvalue weighted by atomic mass is 16.5. The second kappa shape index (κ2) is 5.40. The van der Waals surface area contributed by atoms with Crippen LogP contribution in [0.25, 0.3) is 6.08 Å². The summed E-state index contributed by atoms with van der Waals surface area (Å²) in [6.45, 7) is 3.05. The average Bonchev–Trinajstić information content (AvgIpc) is 2.45. The molecule has 19 heavy (non-hydrogen) atoms. The first-order valence-corrected chi connectivity index (χ1v) is 6.08. The van der Waals surface area contributed by atoms with Crippen LogP contribution in [0.4, 0.5) is 0 Å². The van der Waals surface area contributed by atoms with Crippen LogP contribution in [-0.4, -0.2) is 52.0 Å². The van der Waals surface area contributed by atoms with E-state index in [0.717, 1.165) is 0 Å². The van der Waals surface area contributed by atoms with Crippen molar-refractivity contribution in [1.29, 1.82) is 0 Å². The van der Waals surface area contributed by atoms with E-state index in [1.807, 2.05) is 0 Å². The molecule has 1 aliphatic heterocycles. The molecule has 104 valence electrons. The lowest BCUT2D eigenvalue weighted by atomic mass is 9.77. The Kier molecular flexibility index (Phi) is 4.03. The maximum atomic E-state index is 10.8. The van der Waals surface area contributed by atoms with Crippen molar-refractivity contribution < 1.29 is 25.2 Å². The van der Waals surface area contributed by atoms with Crippen molar-refractivity contribution in [3.63, 3.8) is 0 Å². The zero-order valence-electron chi connectivity index (χ0n) is 10.4. The topological polar surface area (TPSA) is 90.2 Å². The molecule has 4 N–H and O–H groups in total. The lowest BCUT2D eigenvalue weighted by molar-refractivity contribution is -0.255. The van der Waals surface area contributed by atoms with Crippen molar-refractivity contribution in [2.75, 3.05) is 13.2 Å². The molecule has 1 aromatic rings. The lowest BCUT2D eigenvalue weighted by Crippen LogP contribution is -2.61. The Morgan fingerprint density at radius 2 is 2.05 bits per heavy atom. The number of aliphatic hydroxyl groups excluding tert-OH is 3. The Morgan fingerprint density at radius 3 is 2.68 bits per heavy atom. The fourth-order valence-electron chi connectivity index (χ4n) is 2.48. The third-order valence-corrected chi connectivity index (χ3v) is 3.55. The van der Waals surface area contributed by atoms with Gasteiger partial charge >= 0.3 is 0 Å². The van der Waals surface area contributed by atoms with E-state index >= 15 is 0 Å². The fourth-order valence-corrected chi connectivity index (χ4v) is 2.48. The van der Waals surface area contributed by atoms with Gasteiger partial charge in [-0.25, -0.2) is 0 Å². The van der Waals surface area contributed by atoms with E-state index in [-0.39, 0.29) is 6.61 Å². The fraction of sp³-hybridized carbons (Fsp3) is 0.429. The number of hydrogen-bond donors (Lipinski definition) is 4. The second-order valence-electron chi connectivity index (χ2n) is 4.63. The minimum Gasteiger partial charge on any atom is -0.394 e. The maximum Gasteiger partial charge on any atom is 0.147 e. The Balaban J connectivity index is 2.55. The smallest absolute Gasteiger partial charge is 0.147 e. The molecule has 1 saturated heterocycles. The monoisotopic (exact) mass is 266 g/mol. The zero-order valence-corrected chi connectivity index (χ0v) is 10.4. The number of ether oxygens (including phenoxy) is 1. The van der Waals surface area contributed by atoms with Crippen LogP contribution in [-0.2, 0) is 10.3 Å². The van der Waals surface area contributed by atoms with E-state index in [1.165, 1.54) is 6.08 Å². The maximum absolute atomic E-state index is 10.8. The van der Waals surface area contributed by atoms with Crippen molar-refractivity contribution in [1.82, 2.24) is 0 Å². The van der Waals surface area contributed by atoms with Crippen molar-refractivity contribution in [2.24, 2.45) is 0 Å². The van der Waals surface area contributed by atoms with Crippen LogP contribution >= 0.6 is 0 Å². The second-order valence-corrected chi connectivity index (χ2v) is 4.63. The first-order chi connectivity index (χ1) is 9.05. The summed E-state index contributed by atoms with van der Waals surface area (Å²) in [5.74, 6) is 0. The van der Waals surface area contributed by atoms with Gasteiger partial charge < -0.3 is 25.2 Å². The summed E-state index contributed by atoms with van der Waals surface area (Å²) in [4.78, 5) is 0. The summed E-state index contributed by atoms with van der Waals surface area (Å²) in [6, 6.07) is 6.81. The molecule has 1 heterocycles. The van der Waals surface area contributed by atoms with Crippen LogP contribution in [0.15, 0.2) is 30.8 Å². The molecule has 0 spiro atoms. The quantitative estimate of drug-likeness (QED) is 0.599. The molecule has 5 heteroatoms. The Labute approximate surface area is 111 Å². The molecule has 0 saturated carbocycles. The Hall–Kier alpha value is -1.24. The van der Waals surface area contributed by atoms with Crippen LogP contribution in [0.2, 0.25) is 0 Å². The van der Waals surface area contributed by atoms with Gasteiger partial charge in [0.2, 0.25) is 0 Å². The largest absolute Gasteiger partial charge is 0.394 e. The van der Waals surface area contributed by atoms with E-state index in [9.17, 15) is 20.4 Å². The molecule has 0 aromatic heterocycles. The van der Waals surface area contributed by atoms with E-state index in [4.69, 9.17) is 4.74 Å². The normalized spacial score (nSPS) is 35.1. The van der Waals surface area contributed by atoms with Crippen molar-refractivity contribution in [2.45, 2.75) is 23.9 Å². The van der Waals surface area contributed by atoms with Crippen LogP contribution < -0.4 is 0 Å². The molecular weight excluding hydrogens is 248 g/mol. The minimum absolute atomic E-state index is 0.134. The Morgan fingerprint density at radius 1 is 1.37 bits per heavy atom. The summed E-state index contributed by atoms with van der Waals surface area (Å²) in [5, 5.41) is 40.0. The molecule has 1 aliphatic rings. The van der Waals surface area contributed by atoms with Crippen LogP contribution in [0.1, 0.15) is 11.1 Å². The van der Waals surface area contributed by atoms with Crippen LogP contribution in [0.3, 0.4) is 0 Å². The number of hydrogen-bond acceptors (Lipinski definition) is 5. The highest BCUT2D eigenvalue weighted by Crippen LogP contribution is 2.37. The summed E-state index contributed by atoms with van der Waals surface area (Å²) in [6.07, 6.45) is -2.13. The van der Waals surface area contributed by atoms with E-state index in [0.29, 0.717) is 11.1 Å². The molecule has 0 aliphatic carbocycles. The van der Waals surface area contributed by atoms with E-state index < -0.39 is 30.5 Å². The first-order valence-electron chi connectivity index (χ1n) is 6.08. The van der Waals surface area contributed by atoms with Gasteiger partial charge in [0, 0.05) is 0 Å². The molecule has 4 atom stereocenters. The number of benzene rings is 1. The summed E-state index contributed by atoms with van der Waals surface area (Å²) >= 11 is 0. The molecule has 2 rings (SSSR count). The standard InChI is InChI=1S/C14H18O5/c1-2-9-5-3-4-6-10(9)14(18)12(7-15)19-8-11(16)13(14)17/h2-6,11-13,15-18H,1,7-8H2/t11-,12+,13+,14+/m0/s1. The van der Waals surface area contributed by atoms with Crippen LogP contribution in [0, 0.1) is 0 Å². The summed E-state index contributed by atoms with van der Waals surface area (Å²) in [5.41, 5.74) is -0.896. The summed E-state index contributed by atoms with van der Waals surface area (Å²) < 4.78 is 5.24. The highest BCUT2D eigenvalue weighted by Gasteiger charge is 2.52.